The van der Waals surface area contributed by atoms with Crippen molar-refractivity contribution in [3.8, 4) is 0 Å². The van der Waals surface area contributed by atoms with Crippen molar-refractivity contribution < 1.29 is 4.74 Å². The SMILES string of the molecule is CCCCOC(N)(CCCC)CCCC. The largest absolute Gasteiger partial charge is 0.361 e. The average Bonchev–Trinajstić information content (AvgIpc) is 2.24. The Hall–Kier alpha value is -0.0800. The van der Waals surface area contributed by atoms with Crippen LogP contribution in [0.3, 0.4) is 0 Å². The van der Waals surface area contributed by atoms with Crippen LogP contribution in [0, 0.1) is 0 Å². The van der Waals surface area contributed by atoms with E-state index in [0.29, 0.717) is 0 Å². The molecule has 0 fully saturated rings. The summed E-state index contributed by atoms with van der Waals surface area (Å²) in [5.74, 6) is 0. The minimum Gasteiger partial charge on any atom is -0.361 e. The zero-order valence-electron chi connectivity index (χ0n) is 10.8. The van der Waals surface area contributed by atoms with E-state index in [0.717, 1.165) is 25.9 Å². The molecule has 0 aromatic heterocycles. The topological polar surface area (TPSA) is 35.2 Å². The summed E-state index contributed by atoms with van der Waals surface area (Å²) in [7, 11) is 0. The number of nitrogens with two attached hydrogens (primary N) is 1. The van der Waals surface area contributed by atoms with Crippen LogP contribution < -0.4 is 5.73 Å². The van der Waals surface area contributed by atoms with E-state index in [-0.39, 0.29) is 5.72 Å². The van der Waals surface area contributed by atoms with Crippen molar-refractivity contribution in [2.45, 2.75) is 77.9 Å². The lowest BCUT2D eigenvalue weighted by molar-refractivity contribution is -0.0569. The van der Waals surface area contributed by atoms with Gasteiger partial charge in [-0.2, -0.15) is 0 Å². The maximum Gasteiger partial charge on any atom is 0.116 e. The highest BCUT2D eigenvalue weighted by Gasteiger charge is 2.23. The summed E-state index contributed by atoms with van der Waals surface area (Å²) in [5, 5.41) is 0. The molecule has 0 bridgehead atoms. The lowest BCUT2D eigenvalue weighted by atomic mass is 10.00. The standard InChI is InChI=1S/C13H29NO/c1-4-7-10-13(14,11-8-5-2)15-12-9-6-3/h4-12,14H2,1-3H3. The van der Waals surface area contributed by atoms with E-state index in [4.69, 9.17) is 10.5 Å². The lowest BCUT2D eigenvalue weighted by Gasteiger charge is -2.30. The van der Waals surface area contributed by atoms with Gasteiger partial charge in [0.05, 0.1) is 0 Å². The molecule has 0 aromatic rings. The van der Waals surface area contributed by atoms with Gasteiger partial charge in [0.1, 0.15) is 5.72 Å². The minimum atomic E-state index is -0.346. The molecule has 0 heterocycles. The Balaban J connectivity index is 3.89. The third-order valence-corrected chi connectivity index (χ3v) is 2.79. The first-order valence-electron chi connectivity index (χ1n) is 6.61. The van der Waals surface area contributed by atoms with Gasteiger partial charge in [-0.3, -0.25) is 0 Å². The third kappa shape index (κ3) is 7.80. The van der Waals surface area contributed by atoms with Gasteiger partial charge >= 0.3 is 0 Å². The Morgan fingerprint density at radius 3 is 1.73 bits per heavy atom. The summed E-state index contributed by atoms with van der Waals surface area (Å²) in [6.45, 7) is 7.40. The fourth-order valence-electron chi connectivity index (χ4n) is 1.64. The molecule has 0 unspecified atom stereocenters. The highest BCUT2D eigenvalue weighted by Crippen LogP contribution is 2.20. The molecule has 15 heavy (non-hydrogen) atoms. The summed E-state index contributed by atoms with van der Waals surface area (Å²) in [5.41, 5.74) is 5.94. The maximum atomic E-state index is 6.29. The van der Waals surface area contributed by atoms with Gasteiger partial charge in [-0.05, 0) is 32.1 Å². The average molecular weight is 215 g/mol. The molecule has 0 aliphatic carbocycles. The number of ether oxygens (including phenoxy) is 1. The summed E-state index contributed by atoms with van der Waals surface area (Å²) in [6, 6.07) is 0. The molecule has 0 aliphatic rings. The van der Waals surface area contributed by atoms with Gasteiger partial charge in [-0.15, -0.1) is 0 Å². The Kier molecular flexibility index (Phi) is 9.12. The fourth-order valence-corrected chi connectivity index (χ4v) is 1.64. The molecule has 0 spiro atoms. The van der Waals surface area contributed by atoms with Crippen molar-refractivity contribution in [2.24, 2.45) is 5.73 Å². The molecule has 2 heteroatoms. The monoisotopic (exact) mass is 215 g/mol. The van der Waals surface area contributed by atoms with Gasteiger partial charge in [0.2, 0.25) is 0 Å². The Bertz CT molecular complexity index is 128. The molecule has 0 aliphatic heterocycles. The molecule has 0 rings (SSSR count). The first kappa shape index (κ1) is 14.9. The smallest absolute Gasteiger partial charge is 0.116 e. The van der Waals surface area contributed by atoms with Crippen LogP contribution in [-0.2, 0) is 4.74 Å². The second-order valence-electron chi connectivity index (χ2n) is 4.47. The van der Waals surface area contributed by atoms with Crippen molar-refractivity contribution in [3.63, 3.8) is 0 Å². The molecule has 0 atom stereocenters. The van der Waals surface area contributed by atoms with Gasteiger partial charge in [0.25, 0.3) is 0 Å². The maximum absolute atomic E-state index is 6.29. The third-order valence-electron chi connectivity index (χ3n) is 2.79. The van der Waals surface area contributed by atoms with Crippen LogP contribution in [0.15, 0.2) is 0 Å². The van der Waals surface area contributed by atoms with Gasteiger partial charge in [0.15, 0.2) is 0 Å². The highest BCUT2D eigenvalue weighted by molar-refractivity contribution is 4.73. The fraction of sp³-hybridized carbons (Fsp3) is 1.00. The zero-order valence-corrected chi connectivity index (χ0v) is 10.8. The van der Waals surface area contributed by atoms with Crippen molar-refractivity contribution in [3.05, 3.63) is 0 Å². The summed E-state index contributed by atoms with van der Waals surface area (Å²) >= 11 is 0. The van der Waals surface area contributed by atoms with E-state index >= 15 is 0 Å². The number of hydrogen-bond acceptors (Lipinski definition) is 2. The highest BCUT2D eigenvalue weighted by atomic mass is 16.5. The van der Waals surface area contributed by atoms with Crippen LogP contribution >= 0.6 is 0 Å². The van der Waals surface area contributed by atoms with E-state index in [1.165, 1.54) is 32.1 Å². The molecule has 0 aromatic carbocycles. The van der Waals surface area contributed by atoms with E-state index in [1.807, 2.05) is 0 Å². The summed E-state index contributed by atoms with van der Waals surface area (Å²) in [4.78, 5) is 0. The molecule has 0 saturated heterocycles. The van der Waals surface area contributed by atoms with E-state index in [9.17, 15) is 0 Å². The second kappa shape index (κ2) is 9.17. The number of rotatable bonds is 10. The van der Waals surface area contributed by atoms with Gasteiger partial charge in [-0.1, -0.05) is 40.0 Å². The normalized spacial score (nSPS) is 12.0. The van der Waals surface area contributed by atoms with Crippen molar-refractivity contribution in [2.75, 3.05) is 6.61 Å². The van der Waals surface area contributed by atoms with Crippen molar-refractivity contribution >= 4 is 0 Å². The summed E-state index contributed by atoms with van der Waals surface area (Å²) < 4.78 is 5.85. The van der Waals surface area contributed by atoms with Gasteiger partial charge < -0.3 is 10.5 Å². The number of unbranched alkanes of at least 4 members (excludes halogenated alkanes) is 3. The van der Waals surface area contributed by atoms with Crippen LogP contribution in [0.25, 0.3) is 0 Å². The van der Waals surface area contributed by atoms with Gasteiger partial charge in [0, 0.05) is 6.61 Å². The first-order valence-corrected chi connectivity index (χ1v) is 6.61. The molecule has 0 amide bonds. The Labute approximate surface area is 95.6 Å². The van der Waals surface area contributed by atoms with E-state index in [1.54, 1.807) is 0 Å². The van der Waals surface area contributed by atoms with E-state index < -0.39 is 0 Å². The minimum absolute atomic E-state index is 0.346. The predicted octanol–water partition coefficient (Wildman–Crippen LogP) is 3.84. The second-order valence-corrected chi connectivity index (χ2v) is 4.47. The van der Waals surface area contributed by atoms with Crippen molar-refractivity contribution in [1.29, 1.82) is 0 Å². The molecule has 2 N–H and O–H groups in total. The van der Waals surface area contributed by atoms with Crippen molar-refractivity contribution in [1.82, 2.24) is 0 Å². The molecular formula is C13H29NO. The molecule has 0 radical (unpaired) electrons. The van der Waals surface area contributed by atoms with Crippen LogP contribution in [0.2, 0.25) is 0 Å². The molecule has 92 valence electrons. The number of hydrogen-bond donors (Lipinski definition) is 1. The Morgan fingerprint density at radius 1 is 0.867 bits per heavy atom. The van der Waals surface area contributed by atoms with Crippen LogP contribution in [0.5, 0.6) is 0 Å². The van der Waals surface area contributed by atoms with Gasteiger partial charge in [-0.25, -0.2) is 0 Å². The van der Waals surface area contributed by atoms with Crippen LogP contribution in [0.4, 0.5) is 0 Å². The zero-order chi connectivity index (χ0) is 11.6. The first-order chi connectivity index (χ1) is 7.18. The molecule has 0 saturated carbocycles. The van der Waals surface area contributed by atoms with Crippen LogP contribution in [-0.4, -0.2) is 12.3 Å². The molecule has 2 nitrogen and oxygen atoms in total. The predicted molar refractivity (Wildman–Crippen MR) is 66.8 cm³/mol. The van der Waals surface area contributed by atoms with Crippen LogP contribution in [0.1, 0.15) is 72.1 Å². The Morgan fingerprint density at radius 2 is 1.33 bits per heavy atom. The lowest BCUT2D eigenvalue weighted by Crippen LogP contribution is -2.43. The summed E-state index contributed by atoms with van der Waals surface area (Å²) in [6.07, 6.45) is 9.05. The molecular weight excluding hydrogens is 186 g/mol. The van der Waals surface area contributed by atoms with E-state index in [2.05, 4.69) is 20.8 Å². The quantitative estimate of drug-likeness (QED) is 0.444.